The lowest BCUT2D eigenvalue weighted by Crippen LogP contribution is -2.63. The molecule has 3 heterocycles. The molecule has 0 aliphatic carbocycles. The second-order valence-corrected chi connectivity index (χ2v) is 8.79. The van der Waals surface area contributed by atoms with Crippen LogP contribution in [-0.2, 0) is 39.6 Å². The quantitative estimate of drug-likeness (QED) is 0.417. The van der Waals surface area contributed by atoms with Crippen molar-refractivity contribution in [3.05, 3.63) is 76.4 Å². The Balaban J connectivity index is 1.82. The fourth-order valence-electron chi connectivity index (χ4n) is 5.37. The van der Waals surface area contributed by atoms with Crippen LogP contribution in [0.3, 0.4) is 0 Å². The van der Waals surface area contributed by atoms with Crippen molar-refractivity contribution in [2.24, 2.45) is 5.10 Å². The van der Waals surface area contributed by atoms with Gasteiger partial charge in [0.15, 0.2) is 5.54 Å². The average molecular weight is 543 g/mol. The first-order chi connectivity index (χ1) is 18.5. The van der Waals surface area contributed by atoms with E-state index in [0.29, 0.717) is 11.1 Å². The van der Waals surface area contributed by atoms with Gasteiger partial charge >= 0.3 is 24.1 Å². The molecule has 0 saturated carbocycles. The molecule has 1 amide bonds. The van der Waals surface area contributed by atoms with E-state index in [2.05, 4.69) is 5.10 Å². The topological polar surface area (TPSA) is 115 Å². The predicted molar refractivity (Wildman–Crippen MR) is 127 cm³/mol. The number of halogens is 3. The van der Waals surface area contributed by atoms with Crippen LogP contribution in [0.2, 0.25) is 0 Å². The molecular formula is C26H20F3N3O7. The number of ether oxygens (including phenoxy) is 3. The van der Waals surface area contributed by atoms with Gasteiger partial charge in [0.2, 0.25) is 0 Å². The Morgan fingerprint density at radius 2 is 1.59 bits per heavy atom. The number of hydrogen-bond acceptors (Lipinski definition) is 9. The summed E-state index contributed by atoms with van der Waals surface area (Å²) in [6, 6.07) is 9.18. The fraction of sp³-hybridized carbons (Fsp3) is 0.269. The molecule has 0 fully saturated rings. The number of methoxy groups -OCH3 is 3. The average Bonchev–Trinajstić information content (AvgIpc) is 3.36. The normalized spacial score (nSPS) is 21.8. The number of benzene rings is 2. The van der Waals surface area contributed by atoms with E-state index in [-0.39, 0.29) is 17.0 Å². The zero-order chi connectivity index (χ0) is 28.3. The van der Waals surface area contributed by atoms with Crippen molar-refractivity contribution in [2.75, 3.05) is 32.9 Å². The second kappa shape index (κ2) is 9.05. The molecule has 1 spiro atoms. The molecule has 0 N–H and O–H groups in total. The Morgan fingerprint density at radius 3 is 2.18 bits per heavy atom. The van der Waals surface area contributed by atoms with Crippen LogP contribution >= 0.6 is 0 Å². The summed E-state index contributed by atoms with van der Waals surface area (Å²) in [7, 11) is 3.29. The van der Waals surface area contributed by atoms with Crippen LogP contribution in [0, 0.1) is 0 Å². The minimum Gasteiger partial charge on any atom is -0.468 e. The molecule has 202 valence electrons. The van der Waals surface area contributed by atoms with E-state index in [1.54, 1.807) is 24.3 Å². The predicted octanol–water partition coefficient (Wildman–Crippen LogP) is 2.38. The monoisotopic (exact) mass is 543 g/mol. The molecule has 3 aliphatic rings. The van der Waals surface area contributed by atoms with Gasteiger partial charge < -0.3 is 14.2 Å². The summed E-state index contributed by atoms with van der Waals surface area (Å²) in [5, 5.41) is 5.31. The second-order valence-electron chi connectivity index (χ2n) is 8.79. The Hall–Kier alpha value is -4.52. The van der Waals surface area contributed by atoms with E-state index < -0.39 is 59.3 Å². The third-order valence-electron chi connectivity index (χ3n) is 6.96. The smallest absolute Gasteiger partial charge is 0.416 e. The number of anilines is 1. The third-order valence-corrected chi connectivity index (χ3v) is 6.96. The van der Waals surface area contributed by atoms with Gasteiger partial charge in [-0.05, 0) is 29.8 Å². The van der Waals surface area contributed by atoms with Gasteiger partial charge in [-0.15, -0.1) is 0 Å². The van der Waals surface area contributed by atoms with Crippen molar-refractivity contribution in [3.8, 4) is 0 Å². The summed E-state index contributed by atoms with van der Waals surface area (Å²) < 4.78 is 54.4. The van der Waals surface area contributed by atoms with Crippen LogP contribution in [-0.4, -0.2) is 67.8 Å². The Bertz CT molecular complexity index is 1480. The van der Waals surface area contributed by atoms with E-state index in [1.807, 2.05) is 0 Å². The van der Waals surface area contributed by atoms with E-state index in [0.717, 1.165) is 50.6 Å². The van der Waals surface area contributed by atoms with E-state index in [1.165, 1.54) is 4.90 Å². The SMILES string of the molecule is COC(=O)CN1[C@H]2C(C(=O)OC)=C(C(=O)OC)[C@@]13C(=O)N(c1ccc(C(F)(F)F)cc1)N=C3c1ccccc12. The first-order valence-corrected chi connectivity index (χ1v) is 11.5. The molecule has 39 heavy (non-hydrogen) atoms. The Morgan fingerprint density at radius 1 is 0.949 bits per heavy atom. The van der Waals surface area contributed by atoms with Crippen LogP contribution in [0.15, 0.2) is 64.8 Å². The number of alkyl halides is 3. The highest BCUT2D eigenvalue weighted by Crippen LogP contribution is 2.56. The van der Waals surface area contributed by atoms with Crippen molar-refractivity contribution in [1.82, 2.24) is 4.90 Å². The van der Waals surface area contributed by atoms with Crippen LogP contribution in [0.25, 0.3) is 0 Å². The number of hydrazone groups is 1. The largest absolute Gasteiger partial charge is 0.468 e. The van der Waals surface area contributed by atoms with Gasteiger partial charge in [0.05, 0.1) is 56.3 Å². The summed E-state index contributed by atoms with van der Waals surface area (Å²) in [5.41, 5.74) is -2.93. The lowest BCUT2D eigenvalue weighted by atomic mass is 9.78. The van der Waals surface area contributed by atoms with Gasteiger partial charge in [0.25, 0.3) is 5.91 Å². The molecule has 2 atom stereocenters. The Labute approximate surface area is 219 Å². The highest BCUT2D eigenvalue weighted by Gasteiger charge is 2.71. The highest BCUT2D eigenvalue weighted by molar-refractivity contribution is 6.36. The summed E-state index contributed by atoms with van der Waals surface area (Å²) >= 11 is 0. The molecule has 3 aliphatic heterocycles. The molecule has 0 unspecified atom stereocenters. The maximum absolute atomic E-state index is 14.4. The van der Waals surface area contributed by atoms with Crippen molar-refractivity contribution in [2.45, 2.75) is 17.8 Å². The zero-order valence-corrected chi connectivity index (χ0v) is 20.7. The van der Waals surface area contributed by atoms with E-state index >= 15 is 0 Å². The summed E-state index contributed by atoms with van der Waals surface area (Å²) in [4.78, 5) is 54.8. The van der Waals surface area contributed by atoms with Gasteiger partial charge in [-0.2, -0.15) is 23.3 Å². The Kier molecular flexibility index (Phi) is 6.06. The number of hydrogen-bond donors (Lipinski definition) is 0. The maximum Gasteiger partial charge on any atom is 0.416 e. The molecule has 5 rings (SSSR count). The van der Waals surface area contributed by atoms with Crippen LogP contribution in [0.5, 0.6) is 0 Å². The summed E-state index contributed by atoms with van der Waals surface area (Å²) in [5.74, 6) is -3.67. The first kappa shape index (κ1) is 26.1. The molecular weight excluding hydrogens is 523 g/mol. The summed E-state index contributed by atoms with van der Waals surface area (Å²) in [6.07, 6.45) is -4.61. The minimum absolute atomic E-state index is 0.0116. The van der Waals surface area contributed by atoms with Crippen molar-refractivity contribution >= 4 is 35.2 Å². The van der Waals surface area contributed by atoms with E-state index in [9.17, 15) is 32.3 Å². The van der Waals surface area contributed by atoms with Crippen molar-refractivity contribution in [3.63, 3.8) is 0 Å². The zero-order valence-electron chi connectivity index (χ0n) is 20.7. The molecule has 10 nitrogen and oxygen atoms in total. The van der Waals surface area contributed by atoms with E-state index in [4.69, 9.17) is 14.2 Å². The standard InChI is InChI=1S/C26H20F3N3O7/c1-37-17(33)12-31-20-15-6-4-5-7-16(15)21-25(31,19(23(35)39-3)18(20)22(34)38-2)24(36)32(30-21)14-10-8-13(9-11-14)26(27,28)29/h4-11,20H,12H2,1-3H3/t20-,25-/m1/s1. The van der Waals surface area contributed by atoms with Crippen LogP contribution in [0.4, 0.5) is 18.9 Å². The molecule has 0 aromatic heterocycles. The number of rotatable bonds is 5. The van der Waals surface area contributed by atoms with Crippen LogP contribution in [0.1, 0.15) is 22.7 Å². The molecule has 0 saturated heterocycles. The van der Waals surface area contributed by atoms with Gasteiger partial charge in [0.1, 0.15) is 5.71 Å². The molecule has 0 radical (unpaired) electrons. The van der Waals surface area contributed by atoms with Gasteiger partial charge in [-0.3, -0.25) is 14.5 Å². The highest BCUT2D eigenvalue weighted by atomic mass is 19.4. The number of carbonyl (C=O) groups is 4. The fourth-order valence-corrected chi connectivity index (χ4v) is 5.37. The number of carbonyl (C=O) groups excluding carboxylic acids is 4. The lowest BCUT2D eigenvalue weighted by Gasteiger charge is -2.42. The van der Waals surface area contributed by atoms with Gasteiger partial charge in [-0.1, -0.05) is 24.3 Å². The number of fused-ring (bicyclic) bond motifs is 4. The maximum atomic E-state index is 14.4. The third kappa shape index (κ3) is 3.56. The number of nitrogens with zero attached hydrogens (tertiary/aromatic N) is 3. The van der Waals surface area contributed by atoms with Gasteiger partial charge in [-0.25, -0.2) is 9.59 Å². The lowest BCUT2D eigenvalue weighted by molar-refractivity contribution is -0.146. The van der Waals surface area contributed by atoms with Crippen molar-refractivity contribution in [1.29, 1.82) is 0 Å². The van der Waals surface area contributed by atoms with Gasteiger partial charge in [0, 0.05) is 5.56 Å². The summed E-state index contributed by atoms with van der Waals surface area (Å²) in [6.45, 7) is -0.553. The first-order valence-electron chi connectivity index (χ1n) is 11.5. The molecule has 13 heteroatoms. The minimum atomic E-state index is -4.61. The number of amides is 1. The molecule has 2 aromatic rings. The molecule has 2 aromatic carbocycles. The van der Waals surface area contributed by atoms with Crippen molar-refractivity contribution < 1.29 is 46.6 Å². The van der Waals surface area contributed by atoms with Crippen LogP contribution < -0.4 is 5.01 Å². The molecule has 2 bridgehead atoms. The number of esters is 3.